The molecule has 184 valence electrons. The van der Waals surface area contributed by atoms with Gasteiger partial charge in [-0.2, -0.15) is 9.29 Å². The number of nitrogens with zero attached hydrogens (tertiary/aromatic N) is 5. The van der Waals surface area contributed by atoms with Gasteiger partial charge in [-0.1, -0.05) is 17.7 Å². The fraction of sp³-hybridized carbons (Fsp3) is 0.318. The maximum absolute atomic E-state index is 13.4. The number of aryl methyl sites for hydroxylation is 2. The Bertz CT molecular complexity index is 1750. The second-order valence-corrected chi connectivity index (χ2v) is 12.5. The van der Waals surface area contributed by atoms with Crippen molar-refractivity contribution in [2.75, 3.05) is 37.3 Å². The molecule has 2 aromatic heterocycles. The molecule has 13 heteroatoms. The van der Waals surface area contributed by atoms with Crippen molar-refractivity contribution in [3.63, 3.8) is 0 Å². The van der Waals surface area contributed by atoms with Crippen LogP contribution in [0.3, 0.4) is 0 Å². The van der Waals surface area contributed by atoms with E-state index in [-0.39, 0.29) is 15.6 Å². The molecule has 0 atom stereocenters. The minimum Gasteiger partial charge on any atom is -0.369 e. The summed E-state index contributed by atoms with van der Waals surface area (Å²) >= 11 is 0. The van der Waals surface area contributed by atoms with Crippen LogP contribution in [-0.4, -0.2) is 73.4 Å². The van der Waals surface area contributed by atoms with Gasteiger partial charge >= 0.3 is 0 Å². The molecule has 35 heavy (non-hydrogen) atoms. The molecule has 0 radical (unpaired) electrons. The number of rotatable bonds is 4. The highest BCUT2D eigenvalue weighted by Crippen LogP contribution is 2.27. The number of nitrogens with one attached hydrogen (secondary N) is 1. The van der Waals surface area contributed by atoms with Gasteiger partial charge in [-0.15, -0.1) is 5.10 Å². The first-order chi connectivity index (χ1) is 16.5. The van der Waals surface area contributed by atoms with Gasteiger partial charge in [0.1, 0.15) is 0 Å². The smallest absolute Gasteiger partial charge is 0.281 e. The number of anilines is 1. The van der Waals surface area contributed by atoms with Crippen LogP contribution >= 0.6 is 0 Å². The number of hydrogen-bond donors (Lipinski definition) is 1. The fourth-order valence-corrected chi connectivity index (χ4v) is 6.76. The summed E-state index contributed by atoms with van der Waals surface area (Å²) in [5.74, 6) is 0. The zero-order valence-corrected chi connectivity index (χ0v) is 21.0. The fourth-order valence-electron chi connectivity index (χ4n) is 4.46. The summed E-state index contributed by atoms with van der Waals surface area (Å²) in [6.07, 6.45) is 1.19. The first kappa shape index (κ1) is 23.5. The Balaban J connectivity index is 1.60. The molecule has 0 spiro atoms. The predicted octanol–water partition coefficient (Wildman–Crippen LogP) is 1.10. The number of H-pyrrole nitrogens is 1. The number of benzene rings is 2. The highest BCUT2D eigenvalue weighted by Gasteiger charge is 2.28. The molecule has 5 rings (SSSR count). The molecule has 0 unspecified atom stereocenters. The van der Waals surface area contributed by atoms with E-state index in [1.54, 1.807) is 37.3 Å². The van der Waals surface area contributed by atoms with Crippen LogP contribution in [0.25, 0.3) is 16.6 Å². The molecule has 0 saturated carbocycles. The van der Waals surface area contributed by atoms with Gasteiger partial charge in [0.2, 0.25) is 24.9 Å². The van der Waals surface area contributed by atoms with Gasteiger partial charge in [-0.05, 0) is 43.7 Å². The van der Waals surface area contributed by atoms with Crippen molar-refractivity contribution in [3.8, 4) is 0 Å². The van der Waals surface area contributed by atoms with Crippen LogP contribution in [0.5, 0.6) is 0 Å². The second kappa shape index (κ2) is 8.14. The maximum atomic E-state index is 13.4. The van der Waals surface area contributed by atoms with Crippen molar-refractivity contribution in [2.45, 2.75) is 23.8 Å². The number of fused-ring (bicyclic) bond motifs is 3. The molecule has 0 amide bonds. The second-order valence-electron chi connectivity index (χ2n) is 8.72. The van der Waals surface area contributed by atoms with Gasteiger partial charge in [0.15, 0.2) is 5.65 Å². The van der Waals surface area contributed by atoms with Crippen LogP contribution in [0.15, 0.2) is 51.1 Å². The van der Waals surface area contributed by atoms with Crippen LogP contribution in [0, 0.1) is 13.8 Å². The van der Waals surface area contributed by atoms with Gasteiger partial charge in [0.25, 0.3) is 5.56 Å². The zero-order valence-electron chi connectivity index (χ0n) is 19.4. The SMILES string of the molecule is Cc1ccc(S(=O)(=O)c2n[nH]n3c2nc(=O)c2ccc(N4CCN(S(C)(=O)=O)CC4)cc23)c(C)c1. The lowest BCUT2D eigenvalue weighted by Gasteiger charge is -2.34. The van der Waals surface area contributed by atoms with Crippen LogP contribution in [0.4, 0.5) is 5.69 Å². The molecular formula is C22H24N6O5S2. The topological polar surface area (TPSA) is 138 Å². The molecule has 3 heterocycles. The van der Waals surface area contributed by atoms with Crippen LogP contribution in [0.1, 0.15) is 11.1 Å². The van der Waals surface area contributed by atoms with Gasteiger partial charge in [-0.25, -0.2) is 26.6 Å². The number of aromatic nitrogens is 4. The number of hydrogen-bond acceptors (Lipinski definition) is 8. The Labute approximate surface area is 202 Å². The third-order valence-electron chi connectivity index (χ3n) is 6.26. The van der Waals surface area contributed by atoms with E-state index in [4.69, 9.17) is 0 Å². The van der Waals surface area contributed by atoms with Crippen molar-refractivity contribution in [1.82, 2.24) is 24.1 Å². The largest absolute Gasteiger partial charge is 0.369 e. The summed E-state index contributed by atoms with van der Waals surface area (Å²) in [6.45, 7) is 5.25. The number of sulfonamides is 1. The first-order valence-electron chi connectivity index (χ1n) is 10.9. The first-order valence-corrected chi connectivity index (χ1v) is 14.2. The average molecular weight is 517 g/mol. The predicted molar refractivity (Wildman–Crippen MR) is 131 cm³/mol. The van der Waals surface area contributed by atoms with Crippen molar-refractivity contribution in [1.29, 1.82) is 0 Å². The van der Waals surface area contributed by atoms with E-state index in [1.807, 2.05) is 11.8 Å². The van der Waals surface area contributed by atoms with Crippen molar-refractivity contribution >= 4 is 42.1 Å². The quantitative estimate of drug-likeness (QED) is 0.426. The van der Waals surface area contributed by atoms with E-state index in [9.17, 15) is 21.6 Å². The number of sulfone groups is 1. The standard InChI is InChI=1S/C22H24N6O5S2/c1-14-4-7-19(15(2)12-14)35(32,33)22-20-23-21(29)17-6-5-16(13-18(17)28(20)25-24-22)26-8-10-27(11-9-26)34(3,30)31/h4-7,12-13,25H,8-11H2,1-3H3. The summed E-state index contributed by atoms with van der Waals surface area (Å²) < 4.78 is 53.3. The third-order valence-corrected chi connectivity index (χ3v) is 9.39. The third kappa shape index (κ3) is 3.98. The average Bonchev–Trinajstić information content (AvgIpc) is 3.23. The molecule has 11 nitrogen and oxygen atoms in total. The lowest BCUT2D eigenvalue weighted by atomic mass is 10.2. The highest BCUT2D eigenvalue weighted by molar-refractivity contribution is 7.91. The van der Waals surface area contributed by atoms with Crippen LogP contribution in [0.2, 0.25) is 0 Å². The molecule has 4 aromatic rings. The molecule has 0 bridgehead atoms. The van der Waals surface area contributed by atoms with E-state index in [2.05, 4.69) is 15.3 Å². The summed E-state index contributed by atoms with van der Waals surface area (Å²) in [4.78, 5) is 19.0. The Kier molecular flexibility index (Phi) is 5.45. The molecule has 1 saturated heterocycles. The Morgan fingerprint density at radius 3 is 2.31 bits per heavy atom. The van der Waals surface area contributed by atoms with E-state index in [0.717, 1.165) is 11.3 Å². The van der Waals surface area contributed by atoms with Gasteiger partial charge in [0, 0.05) is 31.9 Å². The van der Waals surface area contributed by atoms with Gasteiger partial charge in [0.05, 0.1) is 22.1 Å². The number of aromatic amines is 1. The van der Waals surface area contributed by atoms with Crippen molar-refractivity contribution < 1.29 is 16.8 Å². The summed E-state index contributed by atoms with van der Waals surface area (Å²) in [5.41, 5.74) is 2.06. The van der Waals surface area contributed by atoms with Crippen LogP contribution < -0.4 is 10.5 Å². The lowest BCUT2D eigenvalue weighted by Crippen LogP contribution is -2.48. The van der Waals surface area contributed by atoms with Crippen molar-refractivity contribution in [3.05, 3.63) is 57.9 Å². The minimum atomic E-state index is -4.04. The Morgan fingerprint density at radius 2 is 1.66 bits per heavy atom. The molecule has 2 aromatic carbocycles. The molecule has 1 aliphatic rings. The van der Waals surface area contributed by atoms with Gasteiger partial charge in [-0.3, -0.25) is 4.79 Å². The molecule has 1 fully saturated rings. The molecule has 1 aliphatic heterocycles. The molecule has 1 N–H and O–H groups in total. The normalized spacial score (nSPS) is 15.8. The van der Waals surface area contributed by atoms with Crippen molar-refractivity contribution in [2.24, 2.45) is 0 Å². The van der Waals surface area contributed by atoms with E-state index >= 15 is 0 Å². The van der Waals surface area contributed by atoms with E-state index in [0.29, 0.717) is 42.6 Å². The number of piperazine rings is 1. The monoisotopic (exact) mass is 516 g/mol. The lowest BCUT2D eigenvalue weighted by molar-refractivity contribution is 0.388. The van der Waals surface area contributed by atoms with E-state index in [1.165, 1.54) is 21.1 Å². The molecule has 0 aliphatic carbocycles. The Hall–Kier alpha value is -3.29. The van der Waals surface area contributed by atoms with E-state index < -0.39 is 25.4 Å². The highest BCUT2D eigenvalue weighted by atomic mass is 32.2. The minimum absolute atomic E-state index is 0.0819. The zero-order chi connectivity index (χ0) is 25.1. The summed E-state index contributed by atoms with van der Waals surface area (Å²) in [5, 5.41) is 6.72. The maximum Gasteiger partial charge on any atom is 0.281 e. The van der Waals surface area contributed by atoms with Gasteiger partial charge < -0.3 is 4.90 Å². The molecular weight excluding hydrogens is 492 g/mol. The summed E-state index contributed by atoms with van der Waals surface area (Å²) in [7, 11) is -7.30. The van der Waals surface area contributed by atoms with Crippen LogP contribution in [-0.2, 0) is 19.9 Å². The summed E-state index contributed by atoms with van der Waals surface area (Å²) in [6, 6.07) is 10.2. The Morgan fingerprint density at radius 1 is 0.943 bits per heavy atom.